The van der Waals surface area contributed by atoms with Crippen molar-refractivity contribution in [1.82, 2.24) is 14.8 Å². The van der Waals surface area contributed by atoms with Crippen LogP contribution >= 0.6 is 11.3 Å². The maximum atomic E-state index is 12.4. The molecule has 0 aliphatic carbocycles. The lowest BCUT2D eigenvalue weighted by Crippen LogP contribution is -2.29. The smallest absolute Gasteiger partial charge is 0.375 e. The normalized spacial score (nSPS) is 11.8. The molecule has 0 radical (unpaired) electrons. The van der Waals surface area contributed by atoms with Crippen LogP contribution in [-0.2, 0) is 16.1 Å². The molecule has 3 heterocycles. The second-order valence-electron chi connectivity index (χ2n) is 6.41. The third-order valence-corrected chi connectivity index (χ3v) is 4.95. The minimum Gasteiger partial charge on any atom is -0.452 e. The zero-order valence-corrected chi connectivity index (χ0v) is 16.8. The van der Waals surface area contributed by atoms with Crippen molar-refractivity contribution in [2.24, 2.45) is 0 Å². The summed E-state index contributed by atoms with van der Waals surface area (Å²) in [6.45, 7) is 1.89. The van der Waals surface area contributed by atoms with Crippen molar-refractivity contribution >= 4 is 28.3 Å². The summed E-state index contributed by atoms with van der Waals surface area (Å²) in [6.07, 6.45) is 2.43. The van der Waals surface area contributed by atoms with Crippen LogP contribution in [0.1, 0.15) is 23.2 Å². The minimum absolute atomic E-state index is 0.0254. The maximum absolute atomic E-state index is 12.4. The number of carbonyl (C=O) groups is 2. The third-order valence-electron chi connectivity index (χ3n) is 4.20. The van der Waals surface area contributed by atoms with Crippen molar-refractivity contribution < 1.29 is 18.7 Å². The van der Waals surface area contributed by atoms with Crippen LogP contribution in [0, 0.1) is 0 Å². The van der Waals surface area contributed by atoms with E-state index in [0.29, 0.717) is 17.4 Å². The zero-order chi connectivity index (χ0) is 20.9. The molecule has 0 saturated heterocycles. The molecule has 1 N–H and O–H groups in total. The lowest BCUT2D eigenvalue weighted by atomic mass is 10.2. The molecule has 1 unspecified atom stereocenters. The summed E-state index contributed by atoms with van der Waals surface area (Å²) in [7, 11) is 0. The summed E-state index contributed by atoms with van der Waals surface area (Å²) < 4.78 is 12.4. The lowest BCUT2D eigenvalue weighted by Gasteiger charge is -2.11. The number of nitrogens with one attached hydrogen (secondary N) is 1. The number of benzene rings is 1. The first-order valence-corrected chi connectivity index (χ1v) is 10.1. The minimum atomic E-state index is -1.01. The number of carbonyl (C=O) groups excluding carboxylic acids is 2. The Morgan fingerprint density at radius 3 is 2.80 bits per heavy atom. The number of hydrogen-bond donors (Lipinski definition) is 1. The van der Waals surface area contributed by atoms with Gasteiger partial charge in [-0.1, -0.05) is 30.3 Å². The number of hydrogen-bond acceptors (Lipinski definition) is 7. The van der Waals surface area contributed by atoms with Crippen LogP contribution in [-0.4, -0.2) is 32.7 Å². The standard InChI is InChI=1S/C21H18N4O4S/c1-14(19(26)24-21-23-17(13-30-21)15-6-3-2-4-7-15)28-20(27)18-9-8-16(29-18)12-25-11-5-10-22-25/h2-11,13-14H,12H2,1H3,(H,23,24,26). The molecule has 4 rings (SSSR count). The van der Waals surface area contributed by atoms with E-state index in [4.69, 9.17) is 9.15 Å². The number of thiazole rings is 1. The van der Waals surface area contributed by atoms with Crippen LogP contribution in [0.3, 0.4) is 0 Å². The van der Waals surface area contributed by atoms with Gasteiger partial charge in [-0.15, -0.1) is 11.3 Å². The van der Waals surface area contributed by atoms with Gasteiger partial charge in [0.05, 0.1) is 12.2 Å². The second kappa shape index (κ2) is 8.75. The molecule has 0 aliphatic rings. The number of furan rings is 1. The van der Waals surface area contributed by atoms with Gasteiger partial charge in [0, 0.05) is 23.3 Å². The van der Waals surface area contributed by atoms with Crippen LogP contribution in [0.5, 0.6) is 0 Å². The van der Waals surface area contributed by atoms with Crippen LogP contribution in [0.25, 0.3) is 11.3 Å². The van der Waals surface area contributed by atoms with E-state index >= 15 is 0 Å². The number of esters is 1. The molecule has 30 heavy (non-hydrogen) atoms. The van der Waals surface area contributed by atoms with Crippen LogP contribution in [0.4, 0.5) is 5.13 Å². The van der Waals surface area contributed by atoms with Crippen molar-refractivity contribution in [2.75, 3.05) is 5.32 Å². The quantitative estimate of drug-likeness (QED) is 0.455. The van der Waals surface area contributed by atoms with Crippen molar-refractivity contribution in [1.29, 1.82) is 0 Å². The van der Waals surface area contributed by atoms with E-state index in [-0.39, 0.29) is 5.76 Å². The Labute approximate surface area is 176 Å². The van der Waals surface area contributed by atoms with Crippen molar-refractivity contribution in [3.8, 4) is 11.3 Å². The van der Waals surface area contributed by atoms with Gasteiger partial charge in [-0.25, -0.2) is 9.78 Å². The predicted molar refractivity (Wildman–Crippen MR) is 111 cm³/mol. The van der Waals surface area contributed by atoms with Gasteiger partial charge >= 0.3 is 5.97 Å². The number of rotatable bonds is 7. The molecule has 3 aromatic heterocycles. The van der Waals surface area contributed by atoms with Crippen molar-refractivity contribution in [2.45, 2.75) is 19.6 Å². The molecule has 0 fully saturated rings. The second-order valence-corrected chi connectivity index (χ2v) is 7.27. The largest absolute Gasteiger partial charge is 0.452 e. The molecule has 1 aromatic carbocycles. The molecule has 1 amide bonds. The number of aromatic nitrogens is 3. The average molecular weight is 422 g/mol. The summed E-state index contributed by atoms with van der Waals surface area (Å²) in [6, 6.07) is 14.6. The fourth-order valence-electron chi connectivity index (χ4n) is 2.68. The SMILES string of the molecule is CC(OC(=O)c1ccc(Cn2cccn2)o1)C(=O)Nc1nc(-c2ccccc2)cs1. The van der Waals surface area contributed by atoms with Gasteiger partial charge in [0.1, 0.15) is 5.76 Å². The van der Waals surface area contributed by atoms with Gasteiger partial charge in [-0.2, -0.15) is 5.10 Å². The summed E-state index contributed by atoms with van der Waals surface area (Å²) in [4.78, 5) is 29.1. The number of nitrogens with zero attached hydrogens (tertiary/aromatic N) is 3. The fraction of sp³-hybridized carbons (Fsp3) is 0.143. The molecule has 9 heteroatoms. The van der Waals surface area contributed by atoms with E-state index in [1.165, 1.54) is 24.3 Å². The van der Waals surface area contributed by atoms with Crippen LogP contribution < -0.4 is 5.32 Å². The summed E-state index contributed by atoms with van der Waals surface area (Å²) in [5, 5.41) is 9.04. The molecule has 0 bridgehead atoms. The molecule has 1 atom stereocenters. The molecule has 8 nitrogen and oxygen atoms in total. The van der Waals surface area contributed by atoms with E-state index in [2.05, 4.69) is 15.4 Å². The molecule has 152 valence electrons. The van der Waals surface area contributed by atoms with Gasteiger partial charge in [0.25, 0.3) is 5.91 Å². The molecule has 0 aliphatic heterocycles. The molecule has 0 saturated carbocycles. The highest BCUT2D eigenvalue weighted by Gasteiger charge is 2.22. The predicted octanol–water partition coefficient (Wildman–Crippen LogP) is 3.83. The molecule has 4 aromatic rings. The maximum Gasteiger partial charge on any atom is 0.375 e. The monoisotopic (exact) mass is 422 g/mol. The third kappa shape index (κ3) is 4.64. The Hall–Kier alpha value is -3.72. The fourth-order valence-corrected chi connectivity index (χ4v) is 3.40. The number of anilines is 1. The topological polar surface area (TPSA) is 99.3 Å². The first-order chi connectivity index (χ1) is 14.6. The Morgan fingerprint density at radius 1 is 1.20 bits per heavy atom. The lowest BCUT2D eigenvalue weighted by molar-refractivity contribution is -0.123. The highest BCUT2D eigenvalue weighted by Crippen LogP contribution is 2.24. The first kappa shape index (κ1) is 19.6. The van der Waals surface area contributed by atoms with Crippen LogP contribution in [0.15, 0.2) is 70.7 Å². The van der Waals surface area contributed by atoms with Gasteiger partial charge in [-0.05, 0) is 25.1 Å². The van der Waals surface area contributed by atoms with E-state index in [1.807, 2.05) is 35.7 Å². The first-order valence-electron chi connectivity index (χ1n) is 9.17. The summed E-state index contributed by atoms with van der Waals surface area (Å²) >= 11 is 1.30. The Kier molecular flexibility index (Phi) is 5.71. The van der Waals surface area contributed by atoms with Gasteiger partial charge in [0.15, 0.2) is 11.2 Å². The average Bonchev–Trinajstić information content (AvgIpc) is 3.51. The molecular formula is C21H18N4O4S. The Balaban J connectivity index is 1.33. The number of ether oxygens (including phenoxy) is 1. The van der Waals surface area contributed by atoms with E-state index < -0.39 is 18.0 Å². The zero-order valence-electron chi connectivity index (χ0n) is 16.0. The Bertz CT molecular complexity index is 1130. The van der Waals surface area contributed by atoms with Gasteiger partial charge < -0.3 is 9.15 Å². The molecule has 0 spiro atoms. The number of amides is 1. The summed E-state index contributed by atoms with van der Waals surface area (Å²) in [5.74, 6) is -0.606. The highest BCUT2D eigenvalue weighted by atomic mass is 32.1. The van der Waals surface area contributed by atoms with Crippen LogP contribution in [0.2, 0.25) is 0 Å². The van der Waals surface area contributed by atoms with Gasteiger partial charge in [-0.3, -0.25) is 14.8 Å². The van der Waals surface area contributed by atoms with Crippen molar-refractivity contribution in [3.05, 3.63) is 77.8 Å². The summed E-state index contributed by atoms with van der Waals surface area (Å²) in [5.41, 5.74) is 1.72. The van der Waals surface area contributed by atoms with Crippen molar-refractivity contribution in [3.63, 3.8) is 0 Å². The van der Waals surface area contributed by atoms with Gasteiger partial charge in [0.2, 0.25) is 5.76 Å². The highest BCUT2D eigenvalue weighted by molar-refractivity contribution is 7.14. The Morgan fingerprint density at radius 2 is 2.03 bits per heavy atom. The van der Waals surface area contributed by atoms with E-state index in [1.54, 1.807) is 29.2 Å². The molecular weight excluding hydrogens is 404 g/mol. The van der Waals surface area contributed by atoms with E-state index in [9.17, 15) is 9.59 Å². The van der Waals surface area contributed by atoms with E-state index in [0.717, 1.165) is 11.3 Å².